The van der Waals surface area contributed by atoms with Gasteiger partial charge in [0.25, 0.3) is 0 Å². The Labute approximate surface area is 121 Å². The van der Waals surface area contributed by atoms with Crippen LogP contribution in [0.25, 0.3) is 0 Å². The topological polar surface area (TPSA) is 33.2 Å². The van der Waals surface area contributed by atoms with Gasteiger partial charge in [0.05, 0.1) is 0 Å². The van der Waals surface area contributed by atoms with E-state index in [-0.39, 0.29) is 0 Å². The molecule has 1 amide bonds. The van der Waals surface area contributed by atoms with Gasteiger partial charge in [0.15, 0.2) is 0 Å². The van der Waals surface area contributed by atoms with Gasteiger partial charge < -0.3 is 4.90 Å². The minimum atomic E-state index is 0.404. The Morgan fingerprint density at radius 2 is 2.25 bits per heavy atom. The Kier molecular flexibility index (Phi) is 4.04. The minimum absolute atomic E-state index is 0.404. The standard InChI is InChI=1S/C17H24N2O/c1-13-11-15(8-9-18-13)6-7-16-3-2-10-19(16)17(20)12-14-4-5-14/h8-9,11,14,16H,2-7,10,12H2,1H3. The molecular formula is C17H24N2O. The lowest BCUT2D eigenvalue weighted by Crippen LogP contribution is -2.35. The van der Waals surface area contributed by atoms with Gasteiger partial charge in [0.2, 0.25) is 5.91 Å². The molecule has 0 aromatic carbocycles. The van der Waals surface area contributed by atoms with Crippen LogP contribution in [0.1, 0.15) is 49.8 Å². The van der Waals surface area contributed by atoms with Crippen molar-refractivity contribution >= 4 is 5.91 Å². The molecule has 0 bridgehead atoms. The second-order valence-corrected chi connectivity index (χ2v) is 6.37. The van der Waals surface area contributed by atoms with Gasteiger partial charge in [-0.3, -0.25) is 9.78 Å². The molecule has 20 heavy (non-hydrogen) atoms. The molecule has 108 valence electrons. The molecule has 1 unspecified atom stereocenters. The van der Waals surface area contributed by atoms with Crippen molar-refractivity contribution in [2.24, 2.45) is 5.92 Å². The number of nitrogens with zero attached hydrogens (tertiary/aromatic N) is 2. The van der Waals surface area contributed by atoms with E-state index in [1.165, 1.54) is 31.2 Å². The smallest absolute Gasteiger partial charge is 0.223 e. The molecule has 1 aliphatic heterocycles. The highest BCUT2D eigenvalue weighted by Gasteiger charge is 2.32. The summed E-state index contributed by atoms with van der Waals surface area (Å²) >= 11 is 0. The van der Waals surface area contributed by atoms with Gasteiger partial charge >= 0.3 is 0 Å². The van der Waals surface area contributed by atoms with Crippen LogP contribution in [-0.2, 0) is 11.2 Å². The molecule has 0 N–H and O–H groups in total. The molecule has 1 saturated carbocycles. The van der Waals surface area contributed by atoms with Crippen molar-refractivity contribution in [2.75, 3.05) is 6.54 Å². The molecular weight excluding hydrogens is 248 g/mol. The van der Waals surface area contributed by atoms with Crippen molar-refractivity contribution in [3.63, 3.8) is 0 Å². The summed E-state index contributed by atoms with van der Waals surface area (Å²) in [4.78, 5) is 18.7. The second-order valence-electron chi connectivity index (χ2n) is 6.37. The fraction of sp³-hybridized carbons (Fsp3) is 0.647. The third-order valence-electron chi connectivity index (χ3n) is 4.59. The monoisotopic (exact) mass is 272 g/mol. The third-order valence-corrected chi connectivity index (χ3v) is 4.59. The first-order valence-corrected chi connectivity index (χ1v) is 7.93. The lowest BCUT2D eigenvalue weighted by molar-refractivity contribution is -0.132. The van der Waals surface area contributed by atoms with E-state index in [0.717, 1.165) is 31.5 Å². The Balaban J connectivity index is 1.54. The number of carbonyl (C=O) groups is 1. The lowest BCUT2D eigenvalue weighted by Gasteiger charge is -2.25. The van der Waals surface area contributed by atoms with E-state index < -0.39 is 0 Å². The summed E-state index contributed by atoms with van der Waals surface area (Å²) in [5, 5.41) is 0. The zero-order valence-corrected chi connectivity index (χ0v) is 12.3. The zero-order chi connectivity index (χ0) is 13.9. The number of pyridine rings is 1. The van der Waals surface area contributed by atoms with Gasteiger partial charge in [0, 0.05) is 30.9 Å². The van der Waals surface area contributed by atoms with Crippen LogP contribution in [0.5, 0.6) is 0 Å². The van der Waals surface area contributed by atoms with Gasteiger partial charge in [-0.2, -0.15) is 0 Å². The summed E-state index contributed by atoms with van der Waals surface area (Å²) < 4.78 is 0. The third kappa shape index (κ3) is 3.38. The van der Waals surface area contributed by atoms with E-state index in [4.69, 9.17) is 0 Å². The molecule has 2 heterocycles. The maximum absolute atomic E-state index is 12.3. The lowest BCUT2D eigenvalue weighted by atomic mass is 10.0. The minimum Gasteiger partial charge on any atom is -0.340 e. The van der Waals surface area contributed by atoms with E-state index in [2.05, 4.69) is 22.0 Å². The number of amides is 1. The number of aryl methyl sites for hydroxylation is 2. The predicted molar refractivity (Wildman–Crippen MR) is 79.4 cm³/mol. The SMILES string of the molecule is Cc1cc(CCC2CCCN2C(=O)CC2CC2)ccn1. The molecule has 3 heteroatoms. The molecule has 1 atom stereocenters. The van der Waals surface area contributed by atoms with E-state index in [9.17, 15) is 4.79 Å². The summed E-state index contributed by atoms with van der Waals surface area (Å²) in [6.45, 7) is 3.01. The van der Waals surface area contributed by atoms with E-state index in [1.807, 2.05) is 13.1 Å². The predicted octanol–water partition coefficient (Wildman–Crippen LogP) is 3.11. The van der Waals surface area contributed by atoms with Gasteiger partial charge in [0.1, 0.15) is 0 Å². The van der Waals surface area contributed by atoms with Crippen molar-refractivity contribution in [3.8, 4) is 0 Å². The summed E-state index contributed by atoms with van der Waals surface area (Å²) in [6, 6.07) is 4.72. The Morgan fingerprint density at radius 1 is 1.40 bits per heavy atom. The summed E-state index contributed by atoms with van der Waals surface area (Å²) in [5.41, 5.74) is 2.43. The first-order valence-electron chi connectivity index (χ1n) is 7.93. The highest BCUT2D eigenvalue weighted by atomic mass is 16.2. The first-order chi connectivity index (χ1) is 9.72. The van der Waals surface area contributed by atoms with E-state index in [1.54, 1.807) is 0 Å². The molecule has 1 aliphatic carbocycles. The second kappa shape index (κ2) is 5.94. The van der Waals surface area contributed by atoms with Crippen LogP contribution in [-0.4, -0.2) is 28.4 Å². The van der Waals surface area contributed by atoms with Crippen LogP contribution in [0.3, 0.4) is 0 Å². The summed E-state index contributed by atoms with van der Waals surface area (Å²) in [7, 11) is 0. The fourth-order valence-corrected chi connectivity index (χ4v) is 3.24. The number of aromatic nitrogens is 1. The summed E-state index contributed by atoms with van der Waals surface area (Å²) in [6.07, 6.45) is 9.72. The zero-order valence-electron chi connectivity index (χ0n) is 12.3. The molecule has 3 rings (SSSR count). The average molecular weight is 272 g/mol. The Hall–Kier alpha value is -1.38. The number of hydrogen-bond acceptors (Lipinski definition) is 2. The first kappa shape index (κ1) is 13.6. The maximum atomic E-state index is 12.3. The van der Waals surface area contributed by atoms with Crippen LogP contribution in [0.2, 0.25) is 0 Å². The molecule has 1 aromatic heterocycles. The molecule has 3 nitrogen and oxygen atoms in total. The normalized spacial score (nSPS) is 22.2. The quantitative estimate of drug-likeness (QED) is 0.825. The van der Waals surface area contributed by atoms with Crippen molar-refractivity contribution in [3.05, 3.63) is 29.6 Å². The van der Waals surface area contributed by atoms with Crippen LogP contribution >= 0.6 is 0 Å². The molecule has 1 saturated heterocycles. The summed E-state index contributed by atoms with van der Waals surface area (Å²) in [5.74, 6) is 1.10. The number of rotatable bonds is 5. The largest absolute Gasteiger partial charge is 0.340 e. The van der Waals surface area contributed by atoms with Crippen LogP contribution in [0.4, 0.5) is 0 Å². The van der Waals surface area contributed by atoms with Crippen LogP contribution in [0, 0.1) is 12.8 Å². The Morgan fingerprint density at radius 3 is 3.00 bits per heavy atom. The Bertz CT molecular complexity index is 482. The fourth-order valence-electron chi connectivity index (χ4n) is 3.24. The van der Waals surface area contributed by atoms with Crippen LogP contribution < -0.4 is 0 Å². The maximum Gasteiger partial charge on any atom is 0.223 e. The van der Waals surface area contributed by atoms with Crippen molar-refractivity contribution in [1.82, 2.24) is 9.88 Å². The van der Waals surface area contributed by atoms with Crippen LogP contribution in [0.15, 0.2) is 18.3 Å². The van der Waals surface area contributed by atoms with Gasteiger partial charge in [-0.1, -0.05) is 0 Å². The van der Waals surface area contributed by atoms with Crippen molar-refractivity contribution < 1.29 is 4.79 Å². The number of likely N-dealkylation sites (tertiary alicyclic amines) is 1. The van der Waals surface area contributed by atoms with E-state index in [0.29, 0.717) is 17.9 Å². The van der Waals surface area contributed by atoms with Gasteiger partial charge in [-0.05, 0) is 69.1 Å². The molecule has 0 radical (unpaired) electrons. The molecule has 0 spiro atoms. The molecule has 2 aliphatic rings. The van der Waals surface area contributed by atoms with Crippen molar-refractivity contribution in [1.29, 1.82) is 0 Å². The number of hydrogen-bond donors (Lipinski definition) is 0. The molecule has 2 fully saturated rings. The van der Waals surface area contributed by atoms with E-state index >= 15 is 0 Å². The highest BCUT2D eigenvalue weighted by molar-refractivity contribution is 5.77. The highest BCUT2D eigenvalue weighted by Crippen LogP contribution is 2.34. The average Bonchev–Trinajstić information content (AvgIpc) is 3.11. The number of carbonyl (C=O) groups excluding carboxylic acids is 1. The van der Waals surface area contributed by atoms with Gasteiger partial charge in [-0.15, -0.1) is 0 Å². The van der Waals surface area contributed by atoms with Gasteiger partial charge in [-0.25, -0.2) is 0 Å². The van der Waals surface area contributed by atoms with Crippen molar-refractivity contribution in [2.45, 2.75) is 57.9 Å². The molecule has 1 aromatic rings.